The smallest absolute Gasteiger partial charge is 0.223 e. The number of hydrogen-bond donors (Lipinski definition) is 2. The summed E-state index contributed by atoms with van der Waals surface area (Å²) in [6.07, 6.45) is 2.36. The van der Waals surface area contributed by atoms with Gasteiger partial charge >= 0.3 is 0 Å². The summed E-state index contributed by atoms with van der Waals surface area (Å²) in [7, 11) is 0. The maximum absolute atomic E-state index is 5.98. The Morgan fingerprint density at radius 2 is 2.00 bits per heavy atom. The van der Waals surface area contributed by atoms with Crippen molar-refractivity contribution in [3.8, 4) is 0 Å². The molecule has 1 unspecified atom stereocenters. The summed E-state index contributed by atoms with van der Waals surface area (Å²) in [4.78, 5) is 10.4. The highest BCUT2D eigenvalue weighted by Gasteiger charge is 2.17. The predicted molar refractivity (Wildman–Crippen MR) is 84.3 cm³/mol. The van der Waals surface area contributed by atoms with Gasteiger partial charge in [0.05, 0.1) is 5.69 Å². The first-order chi connectivity index (χ1) is 9.54. The summed E-state index contributed by atoms with van der Waals surface area (Å²) in [6, 6.07) is 7.08. The molecule has 1 saturated heterocycles. The molecule has 0 amide bonds. The lowest BCUT2D eigenvalue weighted by molar-refractivity contribution is 0.271. The Balaban J connectivity index is 2.06. The van der Waals surface area contributed by atoms with Gasteiger partial charge in [-0.05, 0) is 43.0 Å². The number of nitrogens with two attached hydrogens (primary N) is 2. The Morgan fingerprint density at radius 3 is 2.65 bits per heavy atom. The van der Waals surface area contributed by atoms with E-state index in [1.54, 1.807) is 24.3 Å². The predicted octanol–water partition coefficient (Wildman–Crippen LogP) is 2.33. The van der Waals surface area contributed by atoms with Gasteiger partial charge in [-0.1, -0.05) is 18.5 Å². The van der Waals surface area contributed by atoms with Crippen molar-refractivity contribution in [1.82, 2.24) is 4.90 Å². The van der Waals surface area contributed by atoms with E-state index < -0.39 is 0 Å². The van der Waals surface area contributed by atoms with E-state index in [2.05, 4.69) is 21.8 Å². The Bertz CT molecular complexity index is 509. The van der Waals surface area contributed by atoms with Crippen molar-refractivity contribution in [1.29, 1.82) is 0 Å². The summed E-state index contributed by atoms with van der Waals surface area (Å²) in [5.41, 5.74) is 12.5. The molecule has 1 heterocycles. The highest BCUT2D eigenvalue weighted by Crippen LogP contribution is 2.17. The van der Waals surface area contributed by atoms with Crippen LogP contribution in [0.5, 0.6) is 0 Å². The fourth-order valence-electron chi connectivity index (χ4n) is 2.26. The molecule has 1 fully saturated rings. The minimum absolute atomic E-state index is 0.156. The second kappa shape index (κ2) is 6.61. The molecule has 1 atom stereocenters. The summed E-state index contributed by atoms with van der Waals surface area (Å²) in [5.74, 6) is 1.22. The van der Waals surface area contributed by atoms with Crippen molar-refractivity contribution in [3.63, 3.8) is 0 Å². The molecule has 0 aliphatic carbocycles. The normalized spacial score (nSPS) is 21.1. The SMILES string of the molecule is CC1CCCN(/C(N)=N/C(N)=Nc2ccc(Cl)cc2)C1. The molecule has 108 valence electrons. The van der Waals surface area contributed by atoms with Gasteiger partial charge < -0.3 is 16.4 Å². The van der Waals surface area contributed by atoms with Crippen LogP contribution in [0.15, 0.2) is 34.3 Å². The summed E-state index contributed by atoms with van der Waals surface area (Å²) in [5, 5.41) is 0.660. The van der Waals surface area contributed by atoms with E-state index in [9.17, 15) is 0 Å². The average Bonchev–Trinajstić information content (AvgIpc) is 2.41. The number of benzene rings is 1. The van der Waals surface area contributed by atoms with Crippen LogP contribution >= 0.6 is 11.6 Å². The summed E-state index contributed by atoms with van der Waals surface area (Å²) < 4.78 is 0. The topological polar surface area (TPSA) is 80.0 Å². The zero-order valence-electron chi connectivity index (χ0n) is 11.6. The van der Waals surface area contributed by atoms with Crippen LogP contribution in [0.1, 0.15) is 19.8 Å². The second-order valence-corrected chi connectivity index (χ2v) is 5.55. The monoisotopic (exact) mass is 293 g/mol. The quantitative estimate of drug-likeness (QED) is 0.616. The number of piperidine rings is 1. The number of rotatable bonds is 1. The van der Waals surface area contributed by atoms with Crippen molar-refractivity contribution < 1.29 is 0 Å². The molecule has 0 bridgehead atoms. The molecule has 20 heavy (non-hydrogen) atoms. The fraction of sp³-hybridized carbons (Fsp3) is 0.429. The molecular weight excluding hydrogens is 274 g/mol. The van der Waals surface area contributed by atoms with Crippen molar-refractivity contribution in [2.45, 2.75) is 19.8 Å². The average molecular weight is 294 g/mol. The minimum Gasteiger partial charge on any atom is -0.369 e. The Hall–Kier alpha value is -1.75. The van der Waals surface area contributed by atoms with E-state index in [1.165, 1.54) is 6.42 Å². The molecule has 2 rings (SSSR count). The van der Waals surface area contributed by atoms with Gasteiger partial charge in [-0.25, -0.2) is 4.99 Å². The third kappa shape index (κ3) is 4.13. The first-order valence-corrected chi connectivity index (χ1v) is 7.11. The molecule has 1 aromatic rings. The summed E-state index contributed by atoms with van der Waals surface area (Å²) in [6.45, 7) is 4.06. The van der Waals surface area contributed by atoms with Crippen molar-refractivity contribution in [2.75, 3.05) is 13.1 Å². The van der Waals surface area contributed by atoms with Crippen LogP contribution in [0.4, 0.5) is 5.69 Å². The Labute approximate surface area is 124 Å². The van der Waals surface area contributed by atoms with Crippen molar-refractivity contribution in [3.05, 3.63) is 29.3 Å². The third-order valence-corrected chi connectivity index (χ3v) is 3.53. The molecular formula is C14H20ClN5. The third-order valence-electron chi connectivity index (χ3n) is 3.28. The van der Waals surface area contributed by atoms with Gasteiger partial charge in [-0.15, -0.1) is 0 Å². The molecule has 1 aliphatic rings. The molecule has 0 aromatic heterocycles. The van der Waals surface area contributed by atoms with Crippen LogP contribution < -0.4 is 11.5 Å². The highest BCUT2D eigenvalue weighted by molar-refractivity contribution is 6.30. The zero-order valence-corrected chi connectivity index (χ0v) is 12.3. The number of nitrogens with zero attached hydrogens (tertiary/aromatic N) is 3. The van der Waals surface area contributed by atoms with Gasteiger partial charge in [0.25, 0.3) is 0 Å². The largest absolute Gasteiger partial charge is 0.369 e. The van der Waals surface area contributed by atoms with Crippen LogP contribution in [0.25, 0.3) is 0 Å². The first kappa shape index (κ1) is 14.7. The Morgan fingerprint density at radius 1 is 1.30 bits per heavy atom. The standard InChI is InChI=1S/C14H20ClN5/c1-10-3-2-8-20(9-10)14(17)19-13(16)18-12-6-4-11(15)5-7-12/h4-7,10H,2-3,8-9H2,1H3,(H4,16,17,18,19). The molecule has 4 N–H and O–H groups in total. The van der Waals surface area contributed by atoms with E-state index in [0.717, 1.165) is 19.5 Å². The van der Waals surface area contributed by atoms with Gasteiger partial charge in [0, 0.05) is 18.1 Å². The van der Waals surface area contributed by atoms with Crippen LogP contribution in [-0.4, -0.2) is 29.9 Å². The van der Waals surface area contributed by atoms with E-state index in [0.29, 0.717) is 22.6 Å². The fourth-order valence-corrected chi connectivity index (χ4v) is 2.38. The molecule has 0 spiro atoms. The molecule has 1 aliphatic heterocycles. The van der Waals surface area contributed by atoms with Crippen molar-refractivity contribution in [2.24, 2.45) is 27.4 Å². The minimum atomic E-state index is 0.156. The summed E-state index contributed by atoms with van der Waals surface area (Å²) >= 11 is 5.81. The van der Waals surface area contributed by atoms with E-state index in [4.69, 9.17) is 23.1 Å². The number of halogens is 1. The first-order valence-electron chi connectivity index (χ1n) is 6.73. The highest BCUT2D eigenvalue weighted by atomic mass is 35.5. The maximum Gasteiger partial charge on any atom is 0.223 e. The Kier molecular flexibility index (Phi) is 4.84. The zero-order chi connectivity index (χ0) is 14.5. The van der Waals surface area contributed by atoms with Gasteiger partial charge in [-0.3, -0.25) is 0 Å². The van der Waals surface area contributed by atoms with Gasteiger partial charge in [0.1, 0.15) is 0 Å². The van der Waals surface area contributed by atoms with Gasteiger partial charge in [0.15, 0.2) is 5.96 Å². The lowest BCUT2D eigenvalue weighted by atomic mass is 10.0. The van der Waals surface area contributed by atoms with Crippen molar-refractivity contribution >= 4 is 29.2 Å². The van der Waals surface area contributed by atoms with Crippen LogP contribution in [0, 0.1) is 5.92 Å². The van der Waals surface area contributed by atoms with E-state index >= 15 is 0 Å². The van der Waals surface area contributed by atoms with E-state index in [-0.39, 0.29) is 5.96 Å². The second-order valence-electron chi connectivity index (χ2n) is 5.11. The van der Waals surface area contributed by atoms with Crippen LogP contribution in [-0.2, 0) is 0 Å². The molecule has 0 radical (unpaired) electrons. The number of hydrogen-bond acceptors (Lipinski definition) is 1. The van der Waals surface area contributed by atoms with Crippen LogP contribution in [0.2, 0.25) is 5.02 Å². The maximum atomic E-state index is 5.98. The van der Waals surface area contributed by atoms with Gasteiger partial charge in [0.2, 0.25) is 5.96 Å². The molecule has 6 heteroatoms. The lowest BCUT2D eigenvalue weighted by Crippen LogP contribution is -2.44. The molecule has 1 aromatic carbocycles. The van der Waals surface area contributed by atoms with Gasteiger partial charge in [-0.2, -0.15) is 4.99 Å². The number of likely N-dealkylation sites (tertiary alicyclic amines) is 1. The number of aliphatic imine (C=N–C) groups is 2. The number of guanidine groups is 2. The van der Waals surface area contributed by atoms with E-state index in [1.807, 2.05) is 0 Å². The molecule has 0 saturated carbocycles. The van der Waals surface area contributed by atoms with Crippen LogP contribution in [0.3, 0.4) is 0 Å². The molecule has 5 nitrogen and oxygen atoms in total. The lowest BCUT2D eigenvalue weighted by Gasteiger charge is -2.31.